The fraction of sp³-hybridized carbons (Fsp3) is 0.733. The van der Waals surface area contributed by atoms with Crippen molar-refractivity contribution in [3.8, 4) is 0 Å². The molecule has 2 fully saturated rings. The lowest BCUT2D eigenvalue weighted by atomic mass is 10.2. The van der Waals surface area contributed by atoms with Crippen LogP contribution in [0.2, 0.25) is 0 Å². The zero-order chi connectivity index (χ0) is 14.3. The quantitative estimate of drug-likeness (QED) is 0.859. The van der Waals surface area contributed by atoms with Crippen LogP contribution in [0, 0.1) is 5.92 Å². The van der Waals surface area contributed by atoms with E-state index in [4.69, 9.17) is 4.42 Å². The average molecular weight is 297 g/mol. The minimum atomic E-state index is -2.90. The summed E-state index contributed by atoms with van der Waals surface area (Å²) in [4.78, 5) is 2.19. The Bertz CT molecular complexity index is 578. The Hall–Kier alpha value is -0.810. The summed E-state index contributed by atoms with van der Waals surface area (Å²) < 4.78 is 29.7. The zero-order valence-corrected chi connectivity index (χ0v) is 13.0. The van der Waals surface area contributed by atoms with Gasteiger partial charge in [-0.15, -0.1) is 0 Å². The van der Waals surface area contributed by atoms with Crippen molar-refractivity contribution >= 4 is 9.84 Å². The predicted octanol–water partition coefficient (Wildman–Crippen LogP) is 2.41. The molecule has 4 nitrogen and oxygen atoms in total. The molecule has 0 aromatic carbocycles. The third kappa shape index (κ3) is 2.93. The van der Waals surface area contributed by atoms with Gasteiger partial charge in [0.1, 0.15) is 11.5 Å². The van der Waals surface area contributed by atoms with Crippen LogP contribution in [0.3, 0.4) is 0 Å². The van der Waals surface area contributed by atoms with Gasteiger partial charge in [0.25, 0.3) is 0 Å². The van der Waals surface area contributed by atoms with E-state index in [-0.39, 0.29) is 11.0 Å². The molecular weight excluding hydrogens is 274 g/mol. The van der Waals surface area contributed by atoms with Crippen LogP contribution < -0.4 is 0 Å². The molecule has 3 atom stereocenters. The minimum absolute atomic E-state index is 0.216. The molecule has 3 rings (SSSR count). The first-order valence-electron chi connectivity index (χ1n) is 7.48. The standard InChI is InChI=1S/C15H23NO3S/c1-11-9-14(11)15-4-3-13(19-15)10-16-6-5-12(2)20(17,18)8-7-16/h3-4,11-12,14H,5-10H2,1-2H3/t11-,12+,14+/m1/s1. The summed E-state index contributed by atoms with van der Waals surface area (Å²) >= 11 is 0. The van der Waals surface area contributed by atoms with E-state index < -0.39 is 9.84 Å². The number of sulfone groups is 1. The first-order chi connectivity index (χ1) is 9.45. The van der Waals surface area contributed by atoms with Crippen LogP contribution in [0.5, 0.6) is 0 Å². The Morgan fingerprint density at radius 2 is 2.05 bits per heavy atom. The molecule has 1 saturated heterocycles. The maximum atomic E-state index is 11.9. The molecule has 1 aliphatic heterocycles. The topological polar surface area (TPSA) is 50.5 Å². The van der Waals surface area contributed by atoms with Crippen molar-refractivity contribution in [2.75, 3.05) is 18.8 Å². The molecule has 0 unspecified atom stereocenters. The highest BCUT2D eigenvalue weighted by Crippen LogP contribution is 2.47. The summed E-state index contributed by atoms with van der Waals surface area (Å²) in [5, 5.41) is -0.216. The van der Waals surface area contributed by atoms with E-state index in [1.807, 2.05) is 13.0 Å². The Balaban J connectivity index is 1.62. The highest BCUT2D eigenvalue weighted by molar-refractivity contribution is 7.92. The molecular formula is C15H23NO3S. The van der Waals surface area contributed by atoms with Gasteiger partial charge in [0.2, 0.25) is 0 Å². The molecule has 0 radical (unpaired) electrons. The Labute approximate surface area is 121 Å². The number of hydrogen-bond donors (Lipinski definition) is 0. The zero-order valence-electron chi connectivity index (χ0n) is 12.2. The lowest BCUT2D eigenvalue weighted by Crippen LogP contribution is -2.26. The van der Waals surface area contributed by atoms with Crippen LogP contribution in [0.25, 0.3) is 0 Å². The van der Waals surface area contributed by atoms with Crippen LogP contribution in [0.4, 0.5) is 0 Å². The van der Waals surface area contributed by atoms with E-state index in [1.54, 1.807) is 0 Å². The lowest BCUT2D eigenvalue weighted by Gasteiger charge is -2.17. The summed E-state index contributed by atoms with van der Waals surface area (Å²) in [5.74, 6) is 3.68. The molecule has 0 N–H and O–H groups in total. The van der Waals surface area contributed by atoms with E-state index in [1.165, 1.54) is 6.42 Å². The molecule has 1 aromatic heterocycles. The van der Waals surface area contributed by atoms with Gasteiger partial charge in [0.05, 0.1) is 17.5 Å². The molecule has 1 aliphatic carbocycles. The third-order valence-corrected chi connectivity index (χ3v) is 6.91. The van der Waals surface area contributed by atoms with Gasteiger partial charge in [-0.3, -0.25) is 4.90 Å². The SMILES string of the molecule is C[C@@H]1C[C@@H]1c1ccc(CN2CC[C@H](C)S(=O)(=O)CC2)o1. The van der Waals surface area contributed by atoms with Gasteiger partial charge in [-0.1, -0.05) is 6.92 Å². The van der Waals surface area contributed by atoms with Gasteiger partial charge in [-0.2, -0.15) is 0 Å². The molecule has 0 amide bonds. The summed E-state index contributed by atoms with van der Waals surface area (Å²) in [6.07, 6.45) is 1.95. The average Bonchev–Trinajstić information content (AvgIpc) is 2.98. The second-order valence-corrected chi connectivity index (χ2v) is 8.90. The summed E-state index contributed by atoms with van der Waals surface area (Å²) in [6, 6.07) is 4.13. The van der Waals surface area contributed by atoms with E-state index in [2.05, 4.69) is 17.9 Å². The van der Waals surface area contributed by atoms with Gasteiger partial charge < -0.3 is 4.42 Å². The van der Waals surface area contributed by atoms with Crippen LogP contribution in [0.15, 0.2) is 16.5 Å². The Morgan fingerprint density at radius 3 is 2.75 bits per heavy atom. The lowest BCUT2D eigenvalue weighted by molar-refractivity contribution is 0.256. The van der Waals surface area contributed by atoms with Gasteiger partial charge in [-0.05, 0) is 44.4 Å². The monoisotopic (exact) mass is 297 g/mol. The molecule has 20 heavy (non-hydrogen) atoms. The van der Waals surface area contributed by atoms with Crippen molar-refractivity contribution in [2.45, 2.75) is 44.4 Å². The largest absolute Gasteiger partial charge is 0.464 e. The molecule has 1 aromatic rings. The minimum Gasteiger partial charge on any atom is -0.464 e. The molecule has 1 saturated carbocycles. The summed E-state index contributed by atoms with van der Waals surface area (Å²) in [5.41, 5.74) is 0. The van der Waals surface area contributed by atoms with E-state index >= 15 is 0 Å². The fourth-order valence-electron chi connectivity index (χ4n) is 2.89. The third-order valence-electron chi connectivity index (χ3n) is 4.69. The van der Waals surface area contributed by atoms with Crippen molar-refractivity contribution in [3.05, 3.63) is 23.7 Å². The van der Waals surface area contributed by atoms with Crippen LogP contribution in [0.1, 0.15) is 44.1 Å². The van der Waals surface area contributed by atoms with E-state index in [9.17, 15) is 8.42 Å². The molecule has 0 bridgehead atoms. The molecule has 112 valence electrons. The first-order valence-corrected chi connectivity index (χ1v) is 9.20. The molecule has 2 heterocycles. The van der Waals surface area contributed by atoms with Crippen molar-refractivity contribution in [2.24, 2.45) is 5.92 Å². The number of nitrogens with zero attached hydrogens (tertiary/aromatic N) is 1. The Kier molecular flexibility index (Phi) is 3.67. The van der Waals surface area contributed by atoms with Crippen LogP contribution >= 0.6 is 0 Å². The number of rotatable bonds is 3. The number of furan rings is 1. The van der Waals surface area contributed by atoms with Gasteiger partial charge >= 0.3 is 0 Å². The summed E-state index contributed by atoms with van der Waals surface area (Å²) in [6.45, 7) is 6.23. The van der Waals surface area contributed by atoms with Crippen molar-refractivity contribution < 1.29 is 12.8 Å². The van der Waals surface area contributed by atoms with Gasteiger partial charge in [0.15, 0.2) is 9.84 Å². The molecule has 5 heteroatoms. The highest BCUT2D eigenvalue weighted by atomic mass is 32.2. The van der Waals surface area contributed by atoms with Gasteiger partial charge in [-0.25, -0.2) is 8.42 Å². The maximum Gasteiger partial charge on any atom is 0.154 e. The second-order valence-electron chi connectivity index (χ2n) is 6.37. The first kappa shape index (κ1) is 14.1. The van der Waals surface area contributed by atoms with Crippen LogP contribution in [-0.2, 0) is 16.4 Å². The summed E-state index contributed by atoms with van der Waals surface area (Å²) in [7, 11) is -2.90. The second kappa shape index (κ2) is 5.19. The maximum absolute atomic E-state index is 11.9. The highest BCUT2D eigenvalue weighted by Gasteiger charge is 2.36. The predicted molar refractivity (Wildman–Crippen MR) is 78.4 cm³/mol. The van der Waals surface area contributed by atoms with Crippen LogP contribution in [-0.4, -0.2) is 37.4 Å². The van der Waals surface area contributed by atoms with E-state index in [0.29, 0.717) is 12.5 Å². The fourth-order valence-corrected chi connectivity index (χ4v) is 4.27. The van der Waals surface area contributed by atoms with Crippen molar-refractivity contribution in [3.63, 3.8) is 0 Å². The van der Waals surface area contributed by atoms with Crippen molar-refractivity contribution in [1.29, 1.82) is 0 Å². The van der Waals surface area contributed by atoms with Crippen molar-refractivity contribution in [1.82, 2.24) is 4.90 Å². The van der Waals surface area contributed by atoms with E-state index in [0.717, 1.165) is 36.9 Å². The smallest absolute Gasteiger partial charge is 0.154 e. The van der Waals surface area contributed by atoms with Gasteiger partial charge in [0, 0.05) is 12.5 Å². The Morgan fingerprint density at radius 1 is 1.30 bits per heavy atom. The normalized spacial score (nSPS) is 33.8. The number of hydrogen-bond acceptors (Lipinski definition) is 4. The molecule has 0 spiro atoms. The molecule has 2 aliphatic rings.